The molecule has 28 heavy (non-hydrogen) atoms. The van der Waals surface area contributed by atoms with Crippen LogP contribution in [0.25, 0.3) is 11.1 Å². The van der Waals surface area contributed by atoms with E-state index in [1.807, 2.05) is 6.07 Å². The lowest BCUT2D eigenvalue weighted by Crippen LogP contribution is -2.26. The number of nitrogens with zero attached hydrogens (tertiary/aromatic N) is 2. The van der Waals surface area contributed by atoms with Gasteiger partial charge >= 0.3 is 5.97 Å². The van der Waals surface area contributed by atoms with Crippen molar-refractivity contribution < 1.29 is 19.0 Å². The Morgan fingerprint density at radius 1 is 1.18 bits per heavy atom. The van der Waals surface area contributed by atoms with Gasteiger partial charge in [0, 0.05) is 30.2 Å². The number of pyridine rings is 2. The molecule has 0 radical (unpaired) electrons. The lowest BCUT2D eigenvalue weighted by molar-refractivity contribution is -0.137. The van der Waals surface area contributed by atoms with E-state index in [1.54, 1.807) is 36.7 Å². The van der Waals surface area contributed by atoms with Gasteiger partial charge in [0.25, 0.3) is 5.88 Å². The molecule has 0 aliphatic rings. The Morgan fingerprint density at radius 3 is 2.61 bits per heavy atom. The van der Waals surface area contributed by atoms with Gasteiger partial charge in [-0.2, -0.15) is 0 Å². The van der Waals surface area contributed by atoms with Crippen LogP contribution in [0, 0.1) is 5.82 Å². The molecule has 2 heterocycles. The fourth-order valence-electron chi connectivity index (χ4n) is 2.66. The van der Waals surface area contributed by atoms with Gasteiger partial charge in [0.1, 0.15) is 5.75 Å². The van der Waals surface area contributed by atoms with E-state index in [-0.39, 0.29) is 17.3 Å². The number of carboxylic acids is 1. The minimum absolute atomic E-state index is 0.106. The molecule has 0 aliphatic carbocycles. The molecule has 3 N–H and O–H groups in total. The summed E-state index contributed by atoms with van der Waals surface area (Å²) in [5.41, 5.74) is 8.41. The summed E-state index contributed by atoms with van der Waals surface area (Å²) in [6, 6.07) is 9.55. The molecular formula is C20H17ClFN3O3. The highest BCUT2D eigenvalue weighted by Gasteiger charge is 2.11. The first-order valence-corrected chi connectivity index (χ1v) is 8.79. The van der Waals surface area contributed by atoms with Crippen LogP contribution in [0.15, 0.2) is 55.0 Å². The molecular weight excluding hydrogens is 385 g/mol. The first-order chi connectivity index (χ1) is 13.4. The van der Waals surface area contributed by atoms with Crippen molar-refractivity contribution in [3.8, 4) is 22.8 Å². The van der Waals surface area contributed by atoms with Gasteiger partial charge in [-0.3, -0.25) is 9.78 Å². The standard InChI is InChI=1S/C20H17ClFN3O3/c21-15-7-18(22)20(25-11-15)28-17-3-1-13(2-4-17)14-5-12(9-24-10-14)6-16(23)8-19(26)27/h1-5,7,9-11,16H,6,8,23H2,(H,26,27). The van der Waals surface area contributed by atoms with Crippen LogP contribution in [0.3, 0.4) is 0 Å². The van der Waals surface area contributed by atoms with Gasteiger partial charge in [-0.1, -0.05) is 23.7 Å². The van der Waals surface area contributed by atoms with Crippen molar-refractivity contribution in [1.82, 2.24) is 9.97 Å². The van der Waals surface area contributed by atoms with Crippen molar-refractivity contribution in [2.45, 2.75) is 18.9 Å². The Balaban J connectivity index is 1.72. The fraction of sp³-hybridized carbons (Fsp3) is 0.150. The second-order valence-electron chi connectivity index (χ2n) is 6.21. The van der Waals surface area contributed by atoms with Crippen LogP contribution in [-0.2, 0) is 11.2 Å². The van der Waals surface area contributed by atoms with Crippen molar-refractivity contribution in [2.75, 3.05) is 0 Å². The van der Waals surface area contributed by atoms with Crippen LogP contribution in [0.5, 0.6) is 11.6 Å². The normalized spacial score (nSPS) is 11.8. The topological polar surface area (TPSA) is 98.3 Å². The Bertz CT molecular complexity index is 983. The number of halogens is 2. The number of hydrogen-bond donors (Lipinski definition) is 2. The van der Waals surface area contributed by atoms with E-state index >= 15 is 0 Å². The van der Waals surface area contributed by atoms with E-state index in [4.69, 9.17) is 27.2 Å². The minimum atomic E-state index is -0.932. The van der Waals surface area contributed by atoms with Crippen LogP contribution in [0.1, 0.15) is 12.0 Å². The molecule has 0 saturated heterocycles. The highest BCUT2D eigenvalue weighted by molar-refractivity contribution is 6.30. The third-order valence-corrected chi connectivity index (χ3v) is 4.11. The third-order valence-electron chi connectivity index (χ3n) is 3.91. The van der Waals surface area contributed by atoms with Crippen molar-refractivity contribution in [3.63, 3.8) is 0 Å². The van der Waals surface area contributed by atoms with Crippen molar-refractivity contribution in [1.29, 1.82) is 0 Å². The van der Waals surface area contributed by atoms with E-state index in [9.17, 15) is 9.18 Å². The summed E-state index contributed by atoms with van der Waals surface area (Å²) in [4.78, 5) is 18.8. The number of nitrogens with two attached hydrogens (primary N) is 1. The number of hydrogen-bond acceptors (Lipinski definition) is 5. The number of ether oxygens (including phenoxy) is 1. The maximum absolute atomic E-state index is 13.8. The zero-order chi connectivity index (χ0) is 20.1. The molecule has 0 saturated carbocycles. The van der Waals surface area contributed by atoms with Gasteiger partial charge in [0.15, 0.2) is 5.82 Å². The Labute approximate surface area is 165 Å². The molecule has 0 aliphatic heterocycles. The molecule has 6 nitrogen and oxygen atoms in total. The highest BCUT2D eigenvalue weighted by Crippen LogP contribution is 2.27. The van der Waals surface area contributed by atoms with Crippen molar-refractivity contribution >= 4 is 17.6 Å². The number of carboxylic acid groups (broad SMARTS) is 1. The first-order valence-electron chi connectivity index (χ1n) is 8.41. The van der Waals surface area contributed by atoms with Crippen LogP contribution in [-0.4, -0.2) is 27.1 Å². The van der Waals surface area contributed by atoms with Crippen LogP contribution in [0.2, 0.25) is 5.02 Å². The van der Waals surface area contributed by atoms with Crippen LogP contribution >= 0.6 is 11.6 Å². The second-order valence-corrected chi connectivity index (χ2v) is 6.65. The Morgan fingerprint density at radius 2 is 1.93 bits per heavy atom. The van der Waals surface area contributed by atoms with E-state index in [2.05, 4.69) is 9.97 Å². The van der Waals surface area contributed by atoms with Gasteiger partial charge in [-0.25, -0.2) is 9.37 Å². The predicted octanol–water partition coefficient (Wildman–Crippen LogP) is 4.07. The van der Waals surface area contributed by atoms with Crippen molar-refractivity contribution in [2.24, 2.45) is 5.73 Å². The van der Waals surface area contributed by atoms with Crippen molar-refractivity contribution in [3.05, 3.63) is 71.4 Å². The minimum Gasteiger partial charge on any atom is -0.481 e. The van der Waals surface area contributed by atoms with Gasteiger partial charge in [-0.15, -0.1) is 0 Å². The third kappa shape index (κ3) is 5.25. The summed E-state index contributed by atoms with van der Waals surface area (Å²) in [7, 11) is 0. The lowest BCUT2D eigenvalue weighted by atomic mass is 10.0. The lowest BCUT2D eigenvalue weighted by Gasteiger charge is -2.10. The first kappa shape index (κ1) is 19.7. The Kier molecular flexibility index (Phi) is 6.18. The fourth-order valence-corrected chi connectivity index (χ4v) is 2.81. The van der Waals surface area contributed by atoms with Gasteiger partial charge in [-0.05, 0) is 41.8 Å². The van der Waals surface area contributed by atoms with Gasteiger partial charge < -0.3 is 15.6 Å². The molecule has 1 unspecified atom stereocenters. The maximum atomic E-state index is 13.8. The summed E-state index contributed by atoms with van der Waals surface area (Å²) in [6.45, 7) is 0. The van der Waals surface area contributed by atoms with E-state index in [0.29, 0.717) is 12.2 Å². The van der Waals surface area contributed by atoms with E-state index in [1.165, 1.54) is 6.20 Å². The molecule has 1 atom stereocenters. The number of carbonyl (C=O) groups is 1. The van der Waals surface area contributed by atoms with Crippen LogP contribution in [0.4, 0.5) is 4.39 Å². The molecule has 0 spiro atoms. The smallest absolute Gasteiger partial charge is 0.304 e. The number of aromatic nitrogens is 2. The zero-order valence-corrected chi connectivity index (χ0v) is 15.4. The monoisotopic (exact) mass is 401 g/mol. The zero-order valence-electron chi connectivity index (χ0n) is 14.7. The summed E-state index contributed by atoms with van der Waals surface area (Å²) < 4.78 is 19.2. The molecule has 1 aromatic carbocycles. The molecule has 2 aromatic heterocycles. The van der Waals surface area contributed by atoms with Gasteiger partial charge in [0.2, 0.25) is 0 Å². The Hall–Kier alpha value is -3.03. The largest absolute Gasteiger partial charge is 0.481 e. The number of aliphatic carboxylic acids is 1. The molecule has 3 aromatic rings. The second kappa shape index (κ2) is 8.77. The number of benzene rings is 1. The van der Waals surface area contributed by atoms with Gasteiger partial charge in [0.05, 0.1) is 11.4 Å². The average molecular weight is 402 g/mol. The summed E-state index contributed by atoms with van der Waals surface area (Å²) in [5, 5.41) is 9.01. The molecule has 8 heteroatoms. The molecule has 0 amide bonds. The summed E-state index contributed by atoms with van der Waals surface area (Å²) in [5.74, 6) is -1.32. The molecule has 144 valence electrons. The van der Waals surface area contributed by atoms with Crippen LogP contribution < -0.4 is 10.5 Å². The SMILES string of the molecule is NC(CC(=O)O)Cc1cncc(-c2ccc(Oc3ncc(Cl)cc3F)cc2)c1. The number of rotatable bonds is 7. The summed E-state index contributed by atoms with van der Waals surface area (Å²) in [6.07, 6.45) is 4.97. The van der Waals surface area contributed by atoms with E-state index in [0.717, 1.165) is 22.8 Å². The maximum Gasteiger partial charge on any atom is 0.304 e. The quantitative estimate of drug-likeness (QED) is 0.619. The average Bonchev–Trinajstić information content (AvgIpc) is 2.64. The summed E-state index contributed by atoms with van der Waals surface area (Å²) >= 11 is 5.68. The van der Waals surface area contributed by atoms with E-state index < -0.39 is 17.8 Å². The molecule has 0 fully saturated rings. The highest BCUT2D eigenvalue weighted by atomic mass is 35.5. The molecule has 0 bridgehead atoms. The molecule has 3 rings (SSSR count). The predicted molar refractivity (Wildman–Crippen MR) is 103 cm³/mol.